The predicted octanol–water partition coefficient (Wildman–Crippen LogP) is 2.45. The zero-order chi connectivity index (χ0) is 12.5. The molecule has 2 saturated carbocycles. The first-order valence-electron chi connectivity index (χ1n) is 7.60. The fraction of sp³-hybridized carbons (Fsp3) is 0.933. The number of carbonyl (C=O) groups is 1. The average molecular weight is 252 g/mol. The van der Waals surface area contributed by atoms with E-state index in [9.17, 15) is 9.90 Å². The molecule has 0 amide bonds. The summed E-state index contributed by atoms with van der Waals surface area (Å²) in [5, 5.41) is 9.56. The lowest BCUT2D eigenvalue weighted by Gasteiger charge is -2.42. The molecule has 102 valence electrons. The SMILES string of the molecule is O=C1CC(C2CCC(O)CC2)OC2CCCCC12. The lowest BCUT2D eigenvalue weighted by atomic mass is 9.75. The molecule has 0 spiro atoms. The van der Waals surface area contributed by atoms with Gasteiger partial charge >= 0.3 is 0 Å². The standard InChI is InChI=1S/C15H24O3/c16-11-7-5-10(6-8-11)15-9-13(17)12-3-1-2-4-14(12)18-15/h10-12,14-16H,1-9H2. The number of Topliss-reactive ketones (excluding diaryl/α,β-unsaturated/α-hetero) is 1. The van der Waals surface area contributed by atoms with Crippen LogP contribution in [0.3, 0.4) is 0 Å². The molecular formula is C15H24O3. The van der Waals surface area contributed by atoms with Crippen molar-refractivity contribution in [1.29, 1.82) is 0 Å². The van der Waals surface area contributed by atoms with E-state index in [1.165, 1.54) is 12.8 Å². The Bertz CT molecular complexity index is 307. The minimum atomic E-state index is -0.122. The number of hydrogen-bond acceptors (Lipinski definition) is 3. The molecule has 3 nitrogen and oxygen atoms in total. The van der Waals surface area contributed by atoms with E-state index >= 15 is 0 Å². The van der Waals surface area contributed by atoms with E-state index in [0.717, 1.165) is 38.5 Å². The van der Waals surface area contributed by atoms with Crippen molar-refractivity contribution in [3.8, 4) is 0 Å². The van der Waals surface area contributed by atoms with Crippen LogP contribution in [0.4, 0.5) is 0 Å². The van der Waals surface area contributed by atoms with Crippen molar-refractivity contribution in [2.24, 2.45) is 11.8 Å². The van der Waals surface area contributed by atoms with Crippen molar-refractivity contribution < 1.29 is 14.6 Å². The van der Waals surface area contributed by atoms with E-state index in [1.54, 1.807) is 0 Å². The Morgan fingerprint density at radius 3 is 2.44 bits per heavy atom. The first kappa shape index (κ1) is 12.6. The monoisotopic (exact) mass is 252 g/mol. The second-order valence-electron chi connectivity index (χ2n) is 6.34. The van der Waals surface area contributed by atoms with E-state index in [2.05, 4.69) is 0 Å². The van der Waals surface area contributed by atoms with E-state index in [-0.39, 0.29) is 24.2 Å². The molecule has 3 atom stereocenters. The van der Waals surface area contributed by atoms with Crippen LogP contribution in [0, 0.1) is 11.8 Å². The Hall–Kier alpha value is -0.410. The maximum atomic E-state index is 12.2. The topological polar surface area (TPSA) is 46.5 Å². The Morgan fingerprint density at radius 1 is 0.944 bits per heavy atom. The highest BCUT2D eigenvalue weighted by Gasteiger charge is 2.41. The van der Waals surface area contributed by atoms with Gasteiger partial charge in [0, 0.05) is 12.3 Å². The largest absolute Gasteiger partial charge is 0.393 e. The van der Waals surface area contributed by atoms with Crippen LogP contribution in [-0.4, -0.2) is 29.2 Å². The quantitative estimate of drug-likeness (QED) is 0.779. The molecule has 0 aromatic rings. The summed E-state index contributed by atoms with van der Waals surface area (Å²) in [7, 11) is 0. The normalized spacial score (nSPS) is 45.6. The van der Waals surface area contributed by atoms with Crippen molar-refractivity contribution >= 4 is 5.78 Å². The number of carbonyl (C=O) groups excluding carboxylic acids is 1. The maximum Gasteiger partial charge on any atom is 0.141 e. The third kappa shape index (κ3) is 2.48. The van der Waals surface area contributed by atoms with Gasteiger partial charge in [0.05, 0.1) is 18.3 Å². The van der Waals surface area contributed by atoms with Gasteiger partial charge in [-0.1, -0.05) is 12.8 Å². The van der Waals surface area contributed by atoms with Crippen molar-refractivity contribution in [2.75, 3.05) is 0 Å². The second kappa shape index (κ2) is 5.30. The molecule has 3 heteroatoms. The summed E-state index contributed by atoms with van der Waals surface area (Å²) in [6.07, 6.45) is 9.18. The van der Waals surface area contributed by atoms with Gasteiger partial charge in [0.15, 0.2) is 0 Å². The molecule has 3 aliphatic rings. The number of fused-ring (bicyclic) bond motifs is 1. The minimum absolute atomic E-state index is 0.122. The number of aliphatic hydroxyl groups excluding tert-OH is 1. The molecule has 1 saturated heterocycles. The number of aliphatic hydroxyl groups is 1. The van der Waals surface area contributed by atoms with Gasteiger partial charge in [-0.05, 0) is 44.4 Å². The summed E-state index contributed by atoms with van der Waals surface area (Å²) >= 11 is 0. The first-order chi connectivity index (χ1) is 8.74. The van der Waals surface area contributed by atoms with Crippen molar-refractivity contribution in [2.45, 2.75) is 76.1 Å². The highest BCUT2D eigenvalue weighted by Crippen LogP contribution is 2.39. The van der Waals surface area contributed by atoms with Crippen LogP contribution >= 0.6 is 0 Å². The van der Waals surface area contributed by atoms with Crippen LogP contribution in [0.15, 0.2) is 0 Å². The number of rotatable bonds is 1. The van der Waals surface area contributed by atoms with Gasteiger partial charge < -0.3 is 9.84 Å². The number of ketones is 1. The Balaban J connectivity index is 1.62. The summed E-state index contributed by atoms with van der Waals surface area (Å²) in [4.78, 5) is 12.2. The van der Waals surface area contributed by atoms with Crippen LogP contribution in [0.5, 0.6) is 0 Å². The zero-order valence-corrected chi connectivity index (χ0v) is 11.0. The van der Waals surface area contributed by atoms with Gasteiger partial charge in [-0.2, -0.15) is 0 Å². The third-order valence-electron chi connectivity index (χ3n) is 5.14. The van der Waals surface area contributed by atoms with Crippen LogP contribution in [0.1, 0.15) is 57.8 Å². The summed E-state index contributed by atoms with van der Waals surface area (Å²) in [5.41, 5.74) is 0. The minimum Gasteiger partial charge on any atom is -0.393 e. The van der Waals surface area contributed by atoms with Gasteiger partial charge in [0.2, 0.25) is 0 Å². The molecule has 0 bridgehead atoms. The van der Waals surface area contributed by atoms with Gasteiger partial charge in [-0.15, -0.1) is 0 Å². The van der Waals surface area contributed by atoms with Gasteiger partial charge in [0.25, 0.3) is 0 Å². The highest BCUT2D eigenvalue weighted by atomic mass is 16.5. The van der Waals surface area contributed by atoms with E-state index in [4.69, 9.17) is 4.74 Å². The van der Waals surface area contributed by atoms with E-state index in [0.29, 0.717) is 18.1 Å². The van der Waals surface area contributed by atoms with Crippen LogP contribution in [-0.2, 0) is 9.53 Å². The van der Waals surface area contributed by atoms with Crippen LogP contribution < -0.4 is 0 Å². The smallest absolute Gasteiger partial charge is 0.141 e. The number of hydrogen-bond donors (Lipinski definition) is 1. The first-order valence-corrected chi connectivity index (χ1v) is 7.60. The molecule has 0 radical (unpaired) electrons. The van der Waals surface area contributed by atoms with Gasteiger partial charge in [0.1, 0.15) is 5.78 Å². The van der Waals surface area contributed by atoms with Gasteiger partial charge in [-0.25, -0.2) is 0 Å². The molecule has 18 heavy (non-hydrogen) atoms. The molecule has 1 aliphatic heterocycles. The number of ether oxygens (including phenoxy) is 1. The second-order valence-corrected chi connectivity index (χ2v) is 6.34. The van der Waals surface area contributed by atoms with E-state index in [1.807, 2.05) is 0 Å². The molecule has 1 heterocycles. The lowest BCUT2D eigenvalue weighted by molar-refractivity contribution is -0.158. The molecule has 3 unspecified atom stereocenters. The average Bonchev–Trinajstić information content (AvgIpc) is 2.39. The molecular weight excluding hydrogens is 228 g/mol. The summed E-state index contributed by atoms with van der Waals surface area (Å²) < 4.78 is 6.23. The van der Waals surface area contributed by atoms with Crippen molar-refractivity contribution in [3.05, 3.63) is 0 Å². The lowest BCUT2D eigenvalue weighted by Crippen LogP contribution is -2.46. The Morgan fingerprint density at radius 2 is 1.67 bits per heavy atom. The molecule has 2 aliphatic carbocycles. The fourth-order valence-corrected chi connectivity index (χ4v) is 4.00. The fourth-order valence-electron chi connectivity index (χ4n) is 4.00. The molecule has 3 fully saturated rings. The zero-order valence-electron chi connectivity index (χ0n) is 11.0. The molecule has 1 N–H and O–H groups in total. The van der Waals surface area contributed by atoms with E-state index < -0.39 is 0 Å². The predicted molar refractivity (Wildman–Crippen MR) is 68.2 cm³/mol. The molecule has 0 aromatic carbocycles. The van der Waals surface area contributed by atoms with Crippen LogP contribution in [0.2, 0.25) is 0 Å². The summed E-state index contributed by atoms with van der Waals surface area (Å²) in [5.74, 6) is 1.14. The summed E-state index contributed by atoms with van der Waals surface area (Å²) in [6.45, 7) is 0. The van der Waals surface area contributed by atoms with Crippen molar-refractivity contribution in [3.63, 3.8) is 0 Å². The maximum absolute atomic E-state index is 12.2. The highest BCUT2D eigenvalue weighted by molar-refractivity contribution is 5.82. The molecule has 3 rings (SSSR count). The molecule has 0 aromatic heterocycles. The summed E-state index contributed by atoms with van der Waals surface area (Å²) in [6, 6.07) is 0. The van der Waals surface area contributed by atoms with Crippen LogP contribution in [0.25, 0.3) is 0 Å². The third-order valence-corrected chi connectivity index (χ3v) is 5.14. The Labute approximate surface area is 109 Å². The van der Waals surface area contributed by atoms with Gasteiger partial charge in [-0.3, -0.25) is 4.79 Å². The van der Waals surface area contributed by atoms with Crippen molar-refractivity contribution in [1.82, 2.24) is 0 Å². The Kier molecular flexibility index (Phi) is 3.71.